The van der Waals surface area contributed by atoms with Gasteiger partial charge in [0.1, 0.15) is 5.69 Å². The van der Waals surface area contributed by atoms with E-state index in [1.165, 1.54) is 11.9 Å². The fourth-order valence-electron chi connectivity index (χ4n) is 2.82. The van der Waals surface area contributed by atoms with Gasteiger partial charge in [-0.2, -0.15) is 0 Å². The fourth-order valence-corrected chi connectivity index (χ4v) is 3.31. The van der Waals surface area contributed by atoms with E-state index < -0.39 is 17.8 Å². The molecule has 0 saturated heterocycles. The van der Waals surface area contributed by atoms with Crippen LogP contribution in [-0.2, 0) is 9.53 Å². The molecule has 2 rings (SSSR count). The molecule has 0 spiro atoms. The zero-order valence-corrected chi connectivity index (χ0v) is 18.4. The van der Waals surface area contributed by atoms with E-state index in [0.717, 1.165) is 0 Å². The third-order valence-electron chi connectivity index (χ3n) is 4.15. The Morgan fingerprint density at radius 1 is 1.17 bits per heavy atom. The van der Waals surface area contributed by atoms with Gasteiger partial charge in [0.15, 0.2) is 0 Å². The lowest BCUT2D eigenvalue weighted by Crippen LogP contribution is -2.35. The summed E-state index contributed by atoms with van der Waals surface area (Å²) in [5.74, 6) is -1.40. The first-order chi connectivity index (χ1) is 13.5. The number of hydrogen-bond acceptors (Lipinski definition) is 4. The number of halogens is 2. The number of nitrogens with zero attached hydrogens (tertiary/aromatic N) is 1. The number of benzene rings is 1. The Morgan fingerprint density at radius 3 is 2.31 bits per heavy atom. The van der Waals surface area contributed by atoms with E-state index in [-0.39, 0.29) is 24.0 Å². The van der Waals surface area contributed by atoms with Crippen LogP contribution < -0.4 is 5.32 Å². The average molecular weight is 440 g/mol. The average Bonchev–Trinajstić information content (AvgIpc) is 2.91. The van der Waals surface area contributed by atoms with Gasteiger partial charge >= 0.3 is 5.97 Å². The van der Waals surface area contributed by atoms with Crippen LogP contribution in [0.3, 0.4) is 0 Å². The van der Waals surface area contributed by atoms with Gasteiger partial charge in [-0.1, -0.05) is 29.3 Å². The second kappa shape index (κ2) is 9.33. The largest absolute Gasteiger partial charge is 0.459 e. The Balaban J connectivity index is 2.14. The van der Waals surface area contributed by atoms with Crippen molar-refractivity contribution in [2.24, 2.45) is 0 Å². The Hall–Kier alpha value is -2.51. The van der Waals surface area contributed by atoms with Gasteiger partial charge in [-0.25, -0.2) is 4.79 Å². The van der Waals surface area contributed by atoms with E-state index in [2.05, 4.69) is 10.3 Å². The van der Waals surface area contributed by atoms with Crippen molar-refractivity contribution < 1.29 is 19.1 Å². The maximum atomic E-state index is 12.8. The van der Waals surface area contributed by atoms with E-state index in [9.17, 15) is 14.4 Å². The van der Waals surface area contributed by atoms with Crippen LogP contribution in [0.1, 0.15) is 46.0 Å². The Bertz CT molecular complexity index is 933. The number of esters is 1. The van der Waals surface area contributed by atoms with E-state index in [0.29, 0.717) is 26.9 Å². The lowest BCUT2D eigenvalue weighted by molar-refractivity contribution is -0.116. The topological polar surface area (TPSA) is 91.5 Å². The molecule has 2 N–H and O–H groups in total. The fraction of sp³-hybridized carbons (Fsp3) is 0.350. The van der Waals surface area contributed by atoms with Crippen LogP contribution >= 0.6 is 23.2 Å². The summed E-state index contributed by atoms with van der Waals surface area (Å²) < 4.78 is 5.23. The first-order valence-electron chi connectivity index (χ1n) is 8.92. The maximum absolute atomic E-state index is 12.8. The lowest BCUT2D eigenvalue weighted by atomic mass is 10.1. The summed E-state index contributed by atoms with van der Waals surface area (Å²) in [6, 6.07) is 4.86. The van der Waals surface area contributed by atoms with Crippen molar-refractivity contribution in [3.8, 4) is 0 Å². The summed E-state index contributed by atoms with van der Waals surface area (Å²) in [6.45, 7) is 6.61. The number of hydrogen-bond donors (Lipinski definition) is 2. The van der Waals surface area contributed by atoms with E-state index in [1.807, 2.05) is 0 Å². The Labute approximate surface area is 179 Å². The van der Waals surface area contributed by atoms with E-state index in [4.69, 9.17) is 27.9 Å². The van der Waals surface area contributed by atoms with Gasteiger partial charge in [0.25, 0.3) is 5.91 Å². The molecule has 0 aliphatic rings. The van der Waals surface area contributed by atoms with Crippen molar-refractivity contribution in [3.63, 3.8) is 0 Å². The van der Waals surface area contributed by atoms with Crippen LogP contribution in [0.4, 0.5) is 5.69 Å². The SMILES string of the molecule is Cc1[nH]c(C(=O)N(C)CC(=O)Nc2c(Cl)cccc2Cl)c(C)c1C(=O)OC(C)C. The number of carbonyl (C=O) groups is 3. The molecule has 0 radical (unpaired) electrons. The second-order valence-corrected chi connectivity index (χ2v) is 7.70. The minimum Gasteiger partial charge on any atom is -0.459 e. The smallest absolute Gasteiger partial charge is 0.340 e. The maximum Gasteiger partial charge on any atom is 0.340 e. The van der Waals surface area contributed by atoms with Gasteiger partial charge < -0.3 is 19.9 Å². The van der Waals surface area contributed by atoms with Crippen LogP contribution in [0, 0.1) is 13.8 Å². The van der Waals surface area contributed by atoms with E-state index in [1.54, 1.807) is 45.9 Å². The summed E-state index contributed by atoms with van der Waals surface area (Å²) in [7, 11) is 1.48. The minimum atomic E-state index is -0.501. The molecule has 0 aliphatic heterocycles. The van der Waals surface area contributed by atoms with Gasteiger partial charge in [-0.15, -0.1) is 0 Å². The highest BCUT2D eigenvalue weighted by Gasteiger charge is 2.26. The van der Waals surface area contributed by atoms with Crippen molar-refractivity contribution in [2.45, 2.75) is 33.8 Å². The second-order valence-electron chi connectivity index (χ2n) is 6.89. The molecular formula is C20H23Cl2N3O4. The number of para-hydroxylation sites is 1. The van der Waals surface area contributed by atoms with Crippen LogP contribution in [-0.4, -0.2) is 47.4 Å². The van der Waals surface area contributed by atoms with Gasteiger partial charge in [-0.05, 0) is 45.4 Å². The molecule has 1 aromatic heterocycles. The molecule has 0 saturated carbocycles. The zero-order chi connectivity index (χ0) is 21.9. The van der Waals surface area contributed by atoms with Crippen molar-refractivity contribution in [3.05, 3.63) is 50.8 Å². The highest BCUT2D eigenvalue weighted by atomic mass is 35.5. The number of rotatable bonds is 6. The van der Waals surface area contributed by atoms with Gasteiger partial charge in [0, 0.05) is 12.7 Å². The molecule has 0 bridgehead atoms. The molecule has 0 atom stereocenters. The number of aromatic amines is 1. The molecule has 0 aliphatic carbocycles. The predicted molar refractivity (Wildman–Crippen MR) is 113 cm³/mol. The monoisotopic (exact) mass is 439 g/mol. The summed E-state index contributed by atoms with van der Waals surface area (Å²) in [5, 5.41) is 3.20. The molecule has 2 amide bonds. The van der Waals surface area contributed by atoms with Crippen molar-refractivity contribution in [2.75, 3.05) is 18.9 Å². The molecule has 0 fully saturated rings. The molecule has 1 heterocycles. The zero-order valence-electron chi connectivity index (χ0n) is 16.9. The predicted octanol–water partition coefficient (Wildman–Crippen LogP) is 4.21. The van der Waals surface area contributed by atoms with Crippen molar-refractivity contribution >= 4 is 46.7 Å². The first-order valence-corrected chi connectivity index (χ1v) is 9.68. The Morgan fingerprint density at radius 2 is 1.76 bits per heavy atom. The van der Waals surface area contributed by atoms with Crippen LogP contribution in [0.2, 0.25) is 10.0 Å². The van der Waals surface area contributed by atoms with Crippen molar-refractivity contribution in [1.82, 2.24) is 9.88 Å². The Kier molecular flexibility index (Phi) is 7.32. The normalized spacial score (nSPS) is 10.8. The molecule has 0 unspecified atom stereocenters. The quantitative estimate of drug-likeness (QED) is 0.659. The molecule has 29 heavy (non-hydrogen) atoms. The number of aromatic nitrogens is 1. The molecule has 9 heteroatoms. The molecule has 2 aromatic rings. The number of anilines is 1. The number of ether oxygens (including phenoxy) is 1. The first kappa shape index (κ1) is 22.8. The van der Waals surface area contributed by atoms with Crippen LogP contribution in [0.15, 0.2) is 18.2 Å². The van der Waals surface area contributed by atoms with Crippen molar-refractivity contribution in [1.29, 1.82) is 0 Å². The summed E-state index contributed by atoms with van der Waals surface area (Å²) in [5.41, 5.74) is 1.83. The molecule has 156 valence electrons. The van der Waals surface area contributed by atoms with Gasteiger partial charge in [-0.3, -0.25) is 9.59 Å². The van der Waals surface area contributed by atoms with Gasteiger partial charge in [0.05, 0.1) is 33.9 Å². The highest BCUT2D eigenvalue weighted by molar-refractivity contribution is 6.39. The van der Waals surface area contributed by atoms with Crippen LogP contribution in [0.5, 0.6) is 0 Å². The third-order valence-corrected chi connectivity index (χ3v) is 4.78. The number of H-pyrrole nitrogens is 1. The highest BCUT2D eigenvalue weighted by Crippen LogP contribution is 2.29. The summed E-state index contributed by atoms with van der Waals surface area (Å²) >= 11 is 12.1. The number of amides is 2. The number of aryl methyl sites for hydroxylation is 1. The molecular weight excluding hydrogens is 417 g/mol. The number of carbonyl (C=O) groups excluding carboxylic acids is 3. The lowest BCUT2D eigenvalue weighted by Gasteiger charge is -2.17. The standard InChI is InChI=1S/C20H23Cl2N3O4/c1-10(2)29-20(28)16-11(3)17(23-12(16)4)19(27)25(5)9-15(26)24-18-13(21)7-6-8-14(18)22/h6-8,10,23H,9H2,1-5H3,(H,24,26). The number of nitrogens with one attached hydrogen (secondary N) is 2. The van der Waals surface area contributed by atoms with Crippen LogP contribution in [0.25, 0.3) is 0 Å². The minimum absolute atomic E-state index is 0.226. The van der Waals surface area contributed by atoms with Gasteiger partial charge in [0.2, 0.25) is 5.91 Å². The number of likely N-dealkylation sites (N-methyl/N-ethyl adjacent to an activating group) is 1. The summed E-state index contributed by atoms with van der Waals surface area (Å²) in [6.07, 6.45) is -0.279. The van der Waals surface area contributed by atoms with E-state index >= 15 is 0 Å². The molecule has 7 nitrogen and oxygen atoms in total. The third kappa shape index (κ3) is 5.31. The molecule has 1 aromatic carbocycles. The summed E-state index contributed by atoms with van der Waals surface area (Å²) in [4.78, 5) is 41.6.